The highest BCUT2D eigenvalue weighted by atomic mass is 16.5. The molecule has 1 aromatic carbocycles. The summed E-state index contributed by atoms with van der Waals surface area (Å²) in [6, 6.07) is 11.1. The van der Waals surface area contributed by atoms with Gasteiger partial charge in [0.15, 0.2) is 0 Å². The quantitative estimate of drug-likeness (QED) is 0.695. The van der Waals surface area contributed by atoms with Gasteiger partial charge in [0.25, 0.3) is 0 Å². The van der Waals surface area contributed by atoms with Gasteiger partial charge in [-0.25, -0.2) is 4.98 Å². The second-order valence-electron chi connectivity index (χ2n) is 6.26. The number of nitrogens with zero attached hydrogens (tertiary/aromatic N) is 1. The van der Waals surface area contributed by atoms with Crippen molar-refractivity contribution in [1.29, 1.82) is 0 Å². The first-order valence-electron chi connectivity index (χ1n) is 9.10. The molecule has 7 heteroatoms. The topological polar surface area (TPSA) is 81.7 Å². The van der Waals surface area contributed by atoms with Gasteiger partial charge in [0.05, 0.1) is 19.0 Å². The van der Waals surface area contributed by atoms with Crippen molar-refractivity contribution in [3.05, 3.63) is 42.6 Å². The van der Waals surface area contributed by atoms with Crippen LogP contribution in [0.5, 0.6) is 11.5 Å². The summed E-state index contributed by atoms with van der Waals surface area (Å²) in [5, 5.41) is 6.11. The normalized spacial score (nSPS) is 14.4. The van der Waals surface area contributed by atoms with E-state index in [1.54, 1.807) is 19.4 Å². The SMILES string of the molecule is COc1ccc(OCCNc2ccc(NC(=O)C3CCOCC3)nc2)cc1. The molecule has 1 fully saturated rings. The number of amides is 1. The highest BCUT2D eigenvalue weighted by Crippen LogP contribution is 2.18. The third kappa shape index (κ3) is 5.86. The van der Waals surface area contributed by atoms with Crippen molar-refractivity contribution in [1.82, 2.24) is 4.98 Å². The summed E-state index contributed by atoms with van der Waals surface area (Å²) in [4.78, 5) is 16.5. The first-order valence-corrected chi connectivity index (χ1v) is 9.10. The molecule has 1 aromatic heterocycles. The van der Waals surface area contributed by atoms with Gasteiger partial charge >= 0.3 is 0 Å². The molecule has 1 saturated heterocycles. The number of carbonyl (C=O) groups excluding carboxylic acids is 1. The number of pyridine rings is 1. The highest BCUT2D eigenvalue weighted by Gasteiger charge is 2.21. The highest BCUT2D eigenvalue weighted by molar-refractivity contribution is 5.91. The summed E-state index contributed by atoms with van der Waals surface area (Å²) in [5.74, 6) is 2.18. The molecule has 0 atom stereocenters. The minimum atomic E-state index is 0.00783. The molecule has 0 spiro atoms. The summed E-state index contributed by atoms with van der Waals surface area (Å²) in [6.07, 6.45) is 3.23. The lowest BCUT2D eigenvalue weighted by atomic mass is 9.99. The zero-order valence-corrected chi connectivity index (χ0v) is 15.4. The van der Waals surface area contributed by atoms with Crippen molar-refractivity contribution in [3.63, 3.8) is 0 Å². The van der Waals surface area contributed by atoms with E-state index in [0.29, 0.717) is 32.2 Å². The molecule has 7 nitrogen and oxygen atoms in total. The van der Waals surface area contributed by atoms with Gasteiger partial charge < -0.3 is 24.8 Å². The first kappa shape index (κ1) is 19.0. The largest absolute Gasteiger partial charge is 0.497 e. The number of benzene rings is 1. The Morgan fingerprint density at radius 1 is 1.15 bits per heavy atom. The fourth-order valence-corrected chi connectivity index (χ4v) is 2.80. The van der Waals surface area contributed by atoms with Crippen LogP contribution in [-0.2, 0) is 9.53 Å². The lowest BCUT2D eigenvalue weighted by Crippen LogP contribution is -2.28. The number of rotatable bonds is 8. The summed E-state index contributed by atoms with van der Waals surface area (Å²) in [5.41, 5.74) is 0.873. The fourth-order valence-electron chi connectivity index (χ4n) is 2.80. The second-order valence-corrected chi connectivity index (χ2v) is 6.26. The predicted octanol–water partition coefficient (Wildman–Crippen LogP) is 2.95. The molecule has 1 aliphatic heterocycles. The number of anilines is 2. The van der Waals surface area contributed by atoms with Crippen LogP contribution in [0.2, 0.25) is 0 Å². The van der Waals surface area contributed by atoms with Crippen molar-refractivity contribution in [2.24, 2.45) is 5.92 Å². The summed E-state index contributed by atoms with van der Waals surface area (Å²) in [7, 11) is 1.63. The maximum absolute atomic E-state index is 12.2. The van der Waals surface area contributed by atoms with Crippen LogP contribution >= 0.6 is 0 Å². The molecule has 0 radical (unpaired) electrons. The Kier molecular flexibility index (Phi) is 6.87. The molecule has 1 amide bonds. The summed E-state index contributed by atoms with van der Waals surface area (Å²) in [6.45, 7) is 2.45. The number of hydrogen-bond donors (Lipinski definition) is 2. The smallest absolute Gasteiger partial charge is 0.228 e. The number of hydrogen-bond acceptors (Lipinski definition) is 6. The van der Waals surface area contributed by atoms with Gasteiger partial charge in [0, 0.05) is 25.7 Å². The van der Waals surface area contributed by atoms with Crippen LogP contribution in [0, 0.1) is 5.92 Å². The summed E-state index contributed by atoms with van der Waals surface area (Å²) < 4.78 is 16.1. The van der Waals surface area contributed by atoms with Gasteiger partial charge in [-0.1, -0.05) is 0 Å². The minimum Gasteiger partial charge on any atom is -0.497 e. The zero-order chi connectivity index (χ0) is 18.9. The number of aromatic nitrogens is 1. The fraction of sp³-hybridized carbons (Fsp3) is 0.400. The van der Waals surface area contributed by atoms with Gasteiger partial charge in [0.1, 0.15) is 23.9 Å². The van der Waals surface area contributed by atoms with Gasteiger partial charge in [0.2, 0.25) is 5.91 Å². The molecular formula is C20H25N3O4. The van der Waals surface area contributed by atoms with Gasteiger partial charge in [-0.2, -0.15) is 0 Å². The average Bonchev–Trinajstić information content (AvgIpc) is 2.73. The van der Waals surface area contributed by atoms with Crippen LogP contribution in [0.1, 0.15) is 12.8 Å². The molecule has 3 rings (SSSR count). The molecule has 144 valence electrons. The number of nitrogens with one attached hydrogen (secondary N) is 2. The van der Waals surface area contributed by atoms with Crippen LogP contribution < -0.4 is 20.1 Å². The molecule has 27 heavy (non-hydrogen) atoms. The van der Waals surface area contributed by atoms with Crippen LogP contribution in [-0.4, -0.2) is 44.4 Å². The Morgan fingerprint density at radius 3 is 2.56 bits per heavy atom. The monoisotopic (exact) mass is 371 g/mol. The molecule has 0 bridgehead atoms. The van der Waals surface area contributed by atoms with E-state index in [1.807, 2.05) is 30.3 Å². The van der Waals surface area contributed by atoms with E-state index >= 15 is 0 Å². The Labute approximate surface area is 159 Å². The molecule has 1 aliphatic rings. The molecule has 0 aliphatic carbocycles. The lowest BCUT2D eigenvalue weighted by molar-refractivity contribution is -0.122. The van der Waals surface area contributed by atoms with E-state index in [1.165, 1.54) is 0 Å². The number of methoxy groups -OCH3 is 1. The van der Waals surface area contributed by atoms with Gasteiger partial charge in [-0.15, -0.1) is 0 Å². The van der Waals surface area contributed by atoms with Gasteiger partial charge in [-0.05, 0) is 49.2 Å². The Balaban J connectivity index is 1.38. The second kappa shape index (κ2) is 9.78. The third-order valence-corrected chi connectivity index (χ3v) is 4.37. The van der Waals surface area contributed by atoms with E-state index in [9.17, 15) is 4.79 Å². The third-order valence-electron chi connectivity index (χ3n) is 4.37. The van der Waals surface area contributed by atoms with E-state index in [-0.39, 0.29) is 11.8 Å². The summed E-state index contributed by atoms with van der Waals surface area (Å²) >= 11 is 0. The molecule has 2 heterocycles. The van der Waals surface area contributed by atoms with Crippen LogP contribution in [0.3, 0.4) is 0 Å². The molecule has 2 N–H and O–H groups in total. The number of carbonyl (C=O) groups is 1. The van der Waals surface area contributed by atoms with E-state index in [4.69, 9.17) is 14.2 Å². The first-order chi connectivity index (χ1) is 13.2. The van der Waals surface area contributed by atoms with Crippen molar-refractivity contribution >= 4 is 17.4 Å². The van der Waals surface area contributed by atoms with Crippen molar-refractivity contribution in [2.45, 2.75) is 12.8 Å². The average molecular weight is 371 g/mol. The lowest BCUT2D eigenvalue weighted by Gasteiger charge is -2.20. The maximum Gasteiger partial charge on any atom is 0.228 e. The zero-order valence-electron chi connectivity index (χ0n) is 15.4. The number of ether oxygens (including phenoxy) is 3. The Hall–Kier alpha value is -2.80. The van der Waals surface area contributed by atoms with Crippen molar-refractivity contribution in [3.8, 4) is 11.5 Å². The van der Waals surface area contributed by atoms with Crippen LogP contribution in [0.4, 0.5) is 11.5 Å². The Morgan fingerprint density at radius 2 is 1.89 bits per heavy atom. The van der Waals surface area contributed by atoms with Crippen LogP contribution in [0.15, 0.2) is 42.6 Å². The van der Waals surface area contributed by atoms with Crippen molar-refractivity contribution < 1.29 is 19.0 Å². The Bertz CT molecular complexity index is 713. The molecule has 0 saturated carbocycles. The van der Waals surface area contributed by atoms with Crippen LogP contribution in [0.25, 0.3) is 0 Å². The van der Waals surface area contributed by atoms with E-state index in [2.05, 4.69) is 15.6 Å². The van der Waals surface area contributed by atoms with E-state index < -0.39 is 0 Å². The van der Waals surface area contributed by atoms with Gasteiger partial charge in [-0.3, -0.25) is 4.79 Å². The van der Waals surface area contributed by atoms with Crippen molar-refractivity contribution in [2.75, 3.05) is 44.1 Å². The molecule has 0 unspecified atom stereocenters. The minimum absolute atomic E-state index is 0.00783. The maximum atomic E-state index is 12.2. The molecule has 2 aromatic rings. The predicted molar refractivity (Wildman–Crippen MR) is 103 cm³/mol. The molecular weight excluding hydrogens is 346 g/mol. The standard InChI is InChI=1S/C20H25N3O4/c1-25-17-3-5-18(6-4-17)27-13-10-21-16-2-7-19(22-14-16)23-20(24)15-8-11-26-12-9-15/h2-7,14-15,21H,8-13H2,1H3,(H,22,23,24). The van der Waals surface area contributed by atoms with E-state index in [0.717, 1.165) is 30.0 Å².